The van der Waals surface area contributed by atoms with E-state index in [2.05, 4.69) is 9.97 Å². The zero-order valence-electron chi connectivity index (χ0n) is 10.0. The van der Waals surface area contributed by atoms with Gasteiger partial charge in [-0.3, -0.25) is 0 Å². The van der Waals surface area contributed by atoms with Crippen LogP contribution in [0.4, 0.5) is 24.8 Å². The highest BCUT2D eigenvalue weighted by Gasteiger charge is 2.36. The van der Waals surface area contributed by atoms with Crippen molar-refractivity contribution in [3.8, 4) is 0 Å². The summed E-state index contributed by atoms with van der Waals surface area (Å²) < 4.78 is 37.8. The first-order chi connectivity index (χ1) is 8.40. The summed E-state index contributed by atoms with van der Waals surface area (Å²) in [6.07, 6.45) is -2.31. The fourth-order valence-corrected chi connectivity index (χ4v) is 1.74. The summed E-state index contributed by atoms with van der Waals surface area (Å²) in [6.45, 7) is 3.21. The lowest BCUT2D eigenvalue weighted by atomic mass is 10.3. The highest BCUT2D eigenvalue weighted by Crippen LogP contribution is 2.32. The zero-order valence-corrected chi connectivity index (χ0v) is 10.0. The number of rotatable bonds is 4. The molecule has 1 fully saturated rings. The fraction of sp³-hybridized carbons (Fsp3) is 0.636. The molecular formula is C11H15F3N4. The number of aromatic nitrogens is 2. The van der Waals surface area contributed by atoms with Crippen LogP contribution in [-0.4, -0.2) is 23.1 Å². The van der Waals surface area contributed by atoms with Gasteiger partial charge in [-0.1, -0.05) is 0 Å². The molecule has 0 radical (unpaired) electrons. The second kappa shape index (κ2) is 4.62. The quantitative estimate of drug-likeness (QED) is 0.902. The maximum atomic E-state index is 12.6. The van der Waals surface area contributed by atoms with Gasteiger partial charge in [0, 0.05) is 19.2 Å². The highest BCUT2D eigenvalue weighted by atomic mass is 19.4. The maximum Gasteiger partial charge on any atom is 0.451 e. The van der Waals surface area contributed by atoms with Gasteiger partial charge < -0.3 is 10.6 Å². The third-order valence-corrected chi connectivity index (χ3v) is 2.87. The van der Waals surface area contributed by atoms with E-state index in [1.807, 2.05) is 11.8 Å². The number of nitrogen functional groups attached to an aromatic ring is 1. The van der Waals surface area contributed by atoms with Gasteiger partial charge in [-0.15, -0.1) is 0 Å². The molecule has 1 aromatic heterocycles. The molecule has 0 atom stereocenters. The lowest BCUT2D eigenvalue weighted by Crippen LogP contribution is -2.27. The molecule has 0 aliphatic heterocycles. The molecule has 1 aromatic rings. The van der Waals surface area contributed by atoms with Crippen LogP contribution in [0.1, 0.15) is 25.6 Å². The molecule has 0 aromatic carbocycles. The molecule has 0 saturated heterocycles. The second-order valence-electron chi connectivity index (χ2n) is 4.45. The van der Waals surface area contributed by atoms with Gasteiger partial charge in [-0.2, -0.15) is 13.2 Å². The van der Waals surface area contributed by atoms with Gasteiger partial charge in [0.25, 0.3) is 0 Å². The van der Waals surface area contributed by atoms with Crippen molar-refractivity contribution in [2.24, 2.45) is 5.92 Å². The Morgan fingerprint density at radius 2 is 2.06 bits per heavy atom. The minimum Gasteiger partial charge on any atom is -0.384 e. The van der Waals surface area contributed by atoms with E-state index in [0.717, 1.165) is 19.4 Å². The van der Waals surface area contributed by atoms with Crippen molar-refractivity contribution in [3.63, 3.8) is 0 Å². The Bertz CT molecular complexity index is 429. The summed E-state index contributed by atoms with van der Waals surface area (Å²) in [4.78, 5) is 8.61. The number of hydrogen-bond acceptors (Lipinski definition) is 4. The van der Waals surface area contributed by atoms with Crippen molar-refractivity contribution in [3.05, 3.63) is 11.9 Å². The Morgan fingerprint density at radius 1 is 1.39 bits per heavy atom. The second-order valence-corrected chi connectivity index (χ2v) is 4.45. The first-order valence-electron chi connectivity index (χ1n) is 5.87. The van der Waals surface area contributed by atoms with Crippen LogP contribution in [0.15, 0.2) is 6.07 Å². The molecule has 18 heavy (non-hydrogen) atoms. The summed E-state index contributed by atoms with van der Waals surface area (Å²) in [5.74, 6) is -0.506. The summed E-state index contributed by atoms with van der Waals surface area (Å²) in [5, 5.41) is 0. The van der Waals surface area contributed by atoms with Gasteiger partial charge in [-0.25, -0.2) is 9.97 Å². The van der Waals surface area contributed by atoms with E-state index in [9.17, 15) is 13.2 Å². The number of halogens is 3. The highest BCUT2D eigenvalue weighted by molar-refractivity contribution is 5.47. The monoisotopic (exact) mass is 260 g/mol. The van der Waals surface area contributed by atoms with Gasteiger partial charge in [-0.05, 0) is 25.7 Å². The zero-order chi connectivity index (χ0) is 13.3. The Kier molecular flexibility index (Phi) is 3.32. The molecule has 0 unspecified atom stereocenters. The average Bonchev–Trinajstić information content (AvgIpc) is 3.07. The van der Waals surface area contributed by atoms with Crippen LogP contribution in [0.25, 0.3) is 0 Å². The summed E-state index contributed by atoms with van der Waals surface area (Å²) in [7, 11) is 0. The molecule has 1 heterocycles. The molecule has 0 amide bonds. The van der Waals surface area contributed by atoms with Gasteiger partial charge in [0.15, 0.2) is 0 Å². The first kappa shape index (κ1) is 12.9. The van der Waals surface area contributed by atoms with E-state index >= 15 is 0 Å². The van der Waals surface area contributed by atoms with Crippen LogP contribution in [0.5, 0.6) is 0 Å². The number of anilines is 2. The molecule has 1 aliphatic rings. The van der Waals surface area contributed by atoms with Crippen LogP contribution in [-0.2, 0) is 6.18 Å². The topological polar surface area (TPSA) is 55.0 Å². The van der Waals surface area contributed by atoms with Gasteiger partial charge >= 0.3 is 6.18 Å². The summed E-state index contributed by atoms with van der Waals surface area (Å²) in [6, 6.07) is 1.39. The van der Waals surface area contributed by atoms with Crippen LogP contribution in [0, 0.1) is 5.92 Å². The standard InChI is InChI=1S/C11H15F3N4/c1-2-18(6-7-3-4-7)9-5-8(15)16-10(17-9)11(12,13)14/h5,7H,2-4,6H2,1H3,(H2,15,16,17). The van der Waals surface area contributed by atoms with Crippen LogP contribution in [0.3, 0.4) is 0 Å². The molecule has 7 heteroatoms. The minimum absolute atomic E-state index is 0.151. The number of hydrogen-bond donors (Lipinski definition) is 1. The van der Waals surface area contributed by atoms with Crippen molar-refractivity contribution in [1.82, 2.24) is 9.97 Å². The third-order valence-electron chi connectivity index (χ3n) is 2.87. The summed E-state index contributed by atoms with van der Waals surface area (Å²) in [5.41, 5.74) is 5.42. The molecule has 1 saturated carbocycles. The van der Waals surface area contributed by atoms with Crippen molar-refractivity contribution in [2.45, 2.75) is 25.9 Å². The van der Waals surface area contributed by atoms with E-state index in [0.29, 0.717) is 12.5 Å². The van der Waals surface area contributed by atoms with Gasteiger partial charge in [0.2, 0.25) is 5.82 Å². The SMILES string of the molecule is CCN(CC1CC1)c1cc(N)nc(C(F)(F)F)n1. The maximum absolute atomic E-state index is 12.6. The van der Waals surface area contributed by atoms with Crippen molar-refractivity contribution in [2.75, 3.05) is 23.7 Å². The minimum atomic E-state index is -4.57. The summed E-state index contributed by atoms with van der Waals surface area (Å²) >= 11 is 0. The smallest absolute Gasteiger partial charge is 0.384 e. The molecule has 2 rings (SSSR count). The molecule has 1 aliphatic carbocycles. The van der Waals surface area contributed by atoms with Crippen LogP contribution >= 0.6 is 0 Å². The van der Waals surface area contributed by atoms with Gasteiger partial charge in [0.1, 0.15) is 11.6 Å². The number of nitrogens with two attached hydrogens (primary N) is 1. The largest absolute Gasteiger partial charge is 0.451 e. The van der Waals surface area contributed by atoms with Crippen LogP contribution in [0.2, 0.25) is 0 Å². The van der Waals surface area contributed by atoms with Crippen molar-refractivity contribution in [1.29, 1.82) is 0 Å². The molecule has 4 nitrogen and oxygen atoms in total. The lowest BCUT2D eigenvalue weighted by Gasteiger charge is -2.22. The van der Waals surface area contributed by atoms with E-state index in [1.54, 1.807) is 0 Å². The molecule has 2 N–H and O–H groups in total. The first-order valence-corrected chi connectivity index (χ1v) is 5.87. The molecular weight excluding hydrogens is 245 g/mol. The number of nitrogens with zero attached hydrogens (tertiary/aromatic N) is 3. The van der Waals surface area contributed by atoms with E-state index in [-0.39, 0.29) is 11.6 Å². The molecule has 0 spiro atoms. The van der Waals surface area contributed by atoms with Crippen LogP contribution < -0.4 is 10.6 Å². The Labute approximate surface area is 103 Å². The Morgan fingerprint density at radius 3 is 2.56 bits per heavy atom. The average molecular weight is 260 g/mol. The normalized spacial score (nSPS) is 15.8. The molecule has 0 bridgehead atoms. The van der Waals surface area contributed by atoms with E-state index in [1.165, 1.54) is 6.07 Å². The van der Waals surface area contributed by atoms with Gasteiger partial charge in [0.05, 0.1) is 0 Å². The molecule has 100 valence electrons. The third kappa shape index (κ3) is 3.02. The van der Waals surface area contributed by atoms with Crippen molar-refractivity contribution >= 4 is 11.6 Å². The van der Waals surface area contributed by atoms with E-state index in [4.69, 9.17) is 5.73 Å². The van der Waals surface area contributed by atoms with Crippen molar-refractivity contribution < 1.29 is 13.2 Å². The predicted molar refractivity (Wildman–Crippen MR) is 62.1 cm³/mol. The Hall–Kier alpha value is -1.53. The predicted octanol–water partition coefficient (Wildman–Crippen LogP) is 2.31. The van der Waals surface area contributed by atoms with E-state index < -0.39 is 12.0 Å². The Balaban J connectivity index is 2.27. The lowest BCUT2D eigenvalue weighted by molar-refractivity contribution is -0.144. The number of alkyl halides is 3. The fourth-order valence-electron chi connectivity index (χ4n) is 1.74.